The summed E-state index contributed by atoms with van der Waals surface area (Å²) in [7, 11) is 0. The maximum Gasteiger partial charge on any atom is 0.262 e. The van der Waals surface area contributed by atoms with Crippen molar-refractivity contribution in [3.8, 4) is 0 Å². The van der Waals surface area contributed by atoms with Gasteiger partial charge < -0.3 is 9.64 Å². The molecule has 24 heavy (non-hydrogen) atoms. The molecule has 0 saturated heterocycles. The fourth-order valence-electron chi connectivity index (χ4n) is 3.00. The number of nitrogens with zero attached hydrogens (tertiary/aromatic N) is 3. The smallest absolute Gasteiger partial charge is 0.262 e. The predicted octanol–water partition coefficient (Wildman–Crippen LogP) is 3.10. The second kappa shape index (κ2) is 7.55. The first-order chi connectivity index (χ1) is 11.8. The van der Waals surface area contributed by atoms with Crippen LogP contribution in [0.2, 0.25) is 0 Å². The minimum Gasteiger partial charge on any atom is -0.352 e. The lowest BCUT2D eigenvalue weighted by atomic mass is 10.1. The third-order valence-corrected chi connectivity index (χ3v) is 4.38. The highest BCUT2D eigenvalue weighted by Crippen LogP contribution is 2.37. The average Bonchev–Trinajstić information content (AvgIpc) is 2.92. The van der Waals surface area contributed by atoms with Crippen LogP contribution < -0.4 is 4.90 Å². The van der Waals surface area contributed by atoms with E-state index in [4.69, 9.17) is 4.74 Å². The fraction of sp³-hybridized carbons (Fsp3) is 0.368. The molecule has 2 aromatic rings. The molecule has 1 amide bonds. The second-order valence-corrected chi connectivity index (χ2v) is 5.70. The minimum absolute atomic E-state index is 0.0582. The van der Waals surface area contributed by atoms with E-state index in [0.717, 1.165) is 25.2 Å². The Balaban J connectivity index is 1.83. The van der Waals surface area contributed by atoms with Crippen LogP contribution in [0.1, 0.15) is 36.0 Å². The van der Waals surface area contributed by atoms with Crippen LogP contribution in [0.3, 0.4) is 0 Å². The molecule has 5 heteroatoms. The lowest BCUT2D eigenvalue weighted by Gasteiger charge is -2.26. The molecule has 3 rings (SSSR count). The summed E-state index contributed by atoms with van der Waals surface area (Å²) in [5.41, 5.74) is 1.60. The lowest BCUT2D eigenvalue weighted by Crippen LogP contribution is -2.33. The molecule has 0 saturated carbocycles. The number of carbonyl (C=O) groups is 1. The number of benzene rings is 1. The number of carbonyl (C=O) groups excluding carboxylic acids is 1. The summed E-state index contributed by atoms with van der Waals surface area (Å²) < 4.78 is 6.12. The predicted molar refractivity (Wildman–Crippen MR) is 94.0 cm³/mol. The van der Waals surface area contributed by atoms with E-state index in [0.29, 0.717) is 18.0 Å². The standard InChI is InChI=1S/C19H23N3O2/c1-3-21(4-2)13-14-24-19-16-10-6-5-9-15(16)18(23)22(19)17-11-7-8-12-20-17/h5-12,19H,3-4,13-14H2,1-2H3. The van der Waals surface area contributed by atoms with Gasteiger partial charge in [0.2, 0.25) is 0 Å². The number of anilines is 1. The van der Waals surface area contributed by atoms with Crippen LogP contribution in [0, 0.1) is 0 Å². The fourth-order valence-corrected chi connectivity index (χ4v) is 3.00. The summed E-state index contributed by atoms with van der Waals surface area (Å²) in [6.45, 7) is 7.66. The van der Waals surface area contributed by atoms with Crippen LogP contribution in [-0.4, -0.2) is 42.0 Å². The second-order valence-electron chi connectivity index (χ2n) is 5.70. The van der Waals surface area contributed by atoms with Gasteiger partial charge in [-0.15, -0.1) is 0 Å². The molecule has 0 aliphatic carbocycles. The van der Waals surface area contributed by atoms with Crippen molar-refractivity contribution < 1.29 is 9.53 Å². The highest BCUT2D eigenvalue weighted by Gasteiger charge is 2.38. The van der Waals surface area contributed by atoms with Crippen LogP contribution in [0.5, 0.6) is 0 Å². The molecule has 1 aliphatic heterocycles. The Hall–Kier alpha value is -2.24. The number of amides is 1. The van der Waals surface area contributed by atoms with Crippen molar-refractivity contribution in [3.63, 3.8) is 0 Å². The molecule has 0 radical (unpaired) electrons. The number of hydrogen-bond acceptors (Lipinski definition) is 4. The van der Waals surface area contributed by atoms with Gasteiger partial charge >= 0.3 is 0 Å². The Morgan fingerprint density at radius 2 is 1.88 bits per heavy atom. The Morgan fingerprint density at radius 1 is 1.12 bits per heavy atom. The SMILES string of the molecule is CCN(CC)CCOC1c2ccccc2C(=O)N1c1ccccn1. The van der Waals surface area contributed by atoms with Crippen molar-refractivity contribution in [1.82, 2.24) is 9.88 Å². The molecule has 1 aliphatic rings. The van der Waals surface area contributed by atoms with Gasteiger partial charge in [-0.1, -0.05) is 38.1 Å². The van der Waals surface area contributed by atoms with E-state index in [-0.39, 0.29) is 5.91 Å². The number of pyridine rings is 1. The van der Waals surface area contributed by atoms with Gasteiger partial charge in [0.25, 0.3) is 5.91 Å². The Labute approximate surface area is 142 Å². The number of likely N-dealkylation sites (N-methyl/N-ethyl adjacent to an activating group) is 1. The van der Waals surface area contributed by atoms with Gasteiger partial charge in [-0.3, -0.25) is 9.69 Å². The van der Waals surface area contributed by atoms with Gasteiger partial charge in [-0.2, -0.15) is 0 Å². The maximum absolute atomic E-state index is 12.8. The first-order valence-corrected chi connectivity index (χ1v) is 8.43. The number of ether oxygens (including phenoxy) is 1. The maximum atomic E-state index is 12.8. The molecule has 0 N–H and O–H groups in total. The molecule has 126 valence electrons. The Morgan fingerprint density at radius 3 is 2.58 bits per heavy atom. The Bertz CT molecular complexity index is 686. The molecule has 0 spiro atoms. The average molecular weight is 325 g/mol. The monoisotopic (exact) mass is 325 g/mol. The highest BCUT2D eigenvalue weighted by atomic mass is 16.5. The van der Waals surface area contributed by atoms with Gasteiger partial charge in [0.15, 0.2) is 6.23 Å². The normalized spacial score (nSPS) is 16.7. The van der Waals surface area contributed by atoms with Crippen LogP contribution in [-0.2, 0) is 4.74 Å². The minimum atomic E-state index is -0.417. The van der Waals surface area contributed by atoms with Crippen molar-refractivity contribution in [2.75, 3.05) is 31.1 Å². The molecule has 1 atom stereocenters. The van der Waals surface area contributed by atoms with Gasteiger partial charge in [0.05, 0.1) is 6.61 Å². The van der Waals surface area contributed by atoms with E-state index < -0.39 is 6.23 Å². The number of rotatable bonds is 7. The van der Waals surface area contributed by atoms with Gasteiger partial charge in [0.1, 0.15) is 5.82 Å². The van der Waals surface area contributed by atoms with Crippen LogP contribution in [0.25, 0.3) is 0 Å². The van der Waals surface area contributed by atoms with Gasteiger partial charge in [-0.05, 0) is 31.3 Å². The van der Waals surface area contributed by atoms with Crippen molar-refractivity contribution in [2.45, 2.75) is 20.1 Å². The number of hydrogen-bond donors (Lipinski definition) is 0. The summed E-state index contributed by atoms with van der Waals surface area (Å²) in [5.74, 6) is 0.559. The molecule has 1 aromatic heterocycles. The largest absolute Gasteiger partial charge is 0.352 e. The molecule has 0 bridgehead atoms. The van der Waals surface area contributed by atoms with Crippen molar-refractivity contribution in [1.29, 1.82) is 0 Å². The molecular formula is C19H23N3O2. The molecule has 0 fully saturated rings. The third-order valence-electron chi connectivity index (χ3n) is 4.38. The summed E-state index contributed by atoms with van der Waals surface area (Å²) in [5, 5.41) is 0. The first kappa shape index (κ1) is 16.6. The molecule has 1 unspecified atom stereocenters. The zero-order valence-electron chi connectivity index (χ0n) is 14.2. The summed E-state index contributed by atoms with van der Waals surface area (Å²) in [4.78, 5) is 21.1. The molecule has 5 nitrogen and oxygen atoms in total. The topological polar surface area (TPSA) is 45.7 Å². The zero-order valence-corrected chi connectivity index (χ0v) is 14.2. The first-order valence-electron chi connectivity index (χ1n) is 8.43. The Kier molecular flexibility index (Phi) is 5.23. The molecule has 2 heterocycles. The van der Waals surface area contributed by atoms with E-state index in [1.165, 1.54) is 0 Å². The third kappa shape index (κ3) is 3.18. The van der Waals surface area contributed by atoms with Crippen LogP contribution in [0.4, 0.5) is 5.82 Å². The van der Waals surface area contributed by atoms with Crippen molar-refractivity contribution >= 4 is 11.7 Å². The van der Waals surface area contributed by atoms with E-state index in [9.17, 15) is 4.79 Å². The van der Waals surface area contributed by atoms with Gasteiger partial charge in [0, 0.05) is 23.9 Å². The lowest BCUT2D eigenvalue weighted by molar-refractivity contribution is 0.0391. The van der Waals surface area contributed by atoms with E-state index in [2.05, 4.69) is 23.7 Å². The van der Waals surface area contributed by atoms with E-state index in [1.54, 1.807) is 11.1 Å². The number of aromatic nitrogens is 1. The van der Waals surface area contributed by atoms with Gasteiger partial charge in [-0.25, -0.2) is 4.98 Å². The van der Waals surface area contributed by atoms with E-state index >= 15 is 0 Å². The van der Waals surface area contributed by atoms with Crippen molar-refractivity contribution in [2.24, 2.45) is 0 Å². The quantitative estimate of drug-likeness (QED) is 0.785. The number of fused-ring (bicyclic) bond motifs is 1. The van der Waals surface area contributed by atoms with E-state index in [1.807, 2.05) is 42.5 Å². The van der Waals surface area contributed by atoms with Crippen LogP contribution in [0.15, 0.2) is 48.7 Å². The van der Waals surface area contributed by atoms with Crippen molar-refractivity contribution in [3.05, 3.63) is 59.8 Å². The summed E-state index contributed by atoms with van der Waals surface area (Å²) >= 11 is 0. The summed E-state index contributed by atoms with van der Waals surface area (Å²) in [6.07, 6.45) is 1.28. The molecule has 1 aromatic carbocycles. The summed E-state index contributed by atoms with van der Waals surface area (Å²) in [6, 6.07) is 13.2. The zero-order chi connectivity index (χ0) is 16.9. The molecular weight excluding hydrogens is 302 g/mol. The van der Waals surface area contributed by atoms with Crippen LogP contribution >= 0.6 is 0 Å². The highest BCUT2D eigenvalue weighted by molar-refractivity contribution is 6.10.